The zero-order chi connectivity index (χ0) is 15.7. The van der Waals surface area contributed by atoms with Crippen LogP contribution in [0.25, 0.3) is 0 Å². The molecule has 3 unspecified atom stereocenters. The third-order valence-electron chi connectivity index (χ3n) is 2.20. The molecule has 0 spiro atoms. The van der Waals surface area contributed by atoms with Crippen LogP contribution in [0.2, 0.25) is 0 Å². The number of carbonyl (C=O) groups excluding carboxylic acids is 1. The molecule has 0 saturated heterocycles. The van der Waals surface area contributed by atoms with E-state index in [1.807, 2.05) is 0 Å². The second kappa shape index (κ2) is 7.46. The van der Waals surface area contributed by atoms with E-state index in [9.17, 15) is 38.3 Å². The summed E-state index contributed by atoms with van der Waals surface area (Å²) in [5.74, 6) is -2.81. The molecule has 0 bridgehead atoms. The molecule has 0 radical (unpaired) electrons. The number of rotatable bonds is 7. The average Bonchev–Trinajstić information content (AvgIpc) is 2.28. The Bertz CT molecular complexity index is 442. The van der Waals surface area contributed by atoms with Gasteiger partial charge in [0.1, 0.15) is 0 Å². The number of carboxylic acid groups (broad SMARTS) is 1. The molecule has 0 fully saturated rings. The summed E-state index contributed by atoms with van der Waals surface area (Å²) >= 11 is 0. The Labute approximate surface area is 136 Å². The molecule has 0 aromatic heterocycles. The number of hydrogen-bond donors (Lipinski definition) is 3. The van der Waals surface area contributed by atoms with Crippen molar-refractivity contribution in [3.05, 3.63) is 0 Å². The molecule has 0 aliphatic rings. The van der Waals surface area contributed by atoms with Crippen molar-refractivity contribution in [1.29, 1.82) is 0 Å². The Morgan fingerprint density at radius 1 is 0.900 bits per heavy atom. The Morgan fingerprint density at radius 2 is 1.10 bits per heavy atom. The van der Waals surface area contributed by atoms with E-state index in [2.05, 4.69) is 13.6 Å². The number of carboxylic acids is 1. The van der Waals surface area contributed by atoms with Crippen LogP contribution in [0.4, 0.5) is 0 Å². The van der Waals surface area contributed by atoms with Crippen molar-refractivity contribution in [2.24, 2.45) is 0 Å². The van der Waals surface area contributed by atoms with Crippen LogP contribution in [0.5, 0.6) is 0 Å². The van der Waals surface area contributed by atoms with Crippen molar-refractivity contribution < 1.29 is 81.4 Å². The summed E-state index contributed by atoms with van der Waals surface area (Å²) in [5.41, 5.74) is 0. The van der Waals surface area contributed by atoms with Crippen molar-refractivity contribution in [1.82, 2.24) is 0 Å². The quantitative estimate of drug-likeness (QED) is 0.295. The molecule has 0 rings (SSSR count). The number of carbonyl (C=O) groups is 1. The van der Waals surface area contributed by atoms with Crippen LogP contribution in [0, 0.1) is 0 Å². The van der Waals surface area contributed by atoms with Gasteiger partial charge in [0.25, 0.3) is 0 Å². The van der Waals surface area contributed by atoms with Crippen LogP contribution in [-0.2, 0) is 32.1 Å². The van der Waals surface area contributed by atoms with Crippen molar-refractivity contribution in [3.63, 3.8) is 0 Å². The largest absolute Gasteiger partial charge is 1.00 e. The third kappa shape index (κ3) is 3.30. The first-order valence-electron chi connectivity index (χ1n) is 4.25. The van der Waals surface area contributed by atoms with Crippen LogP contribution < -0.4 is 34.7 Å². The maximum atomic E-state index is 11.7. The number of hydrogen-bond acceptors (Lipinski definition) is 8. The fourth-order valence-electron chi connectivity index (χ4n) is 1.21. The Balaban J connectivity index is 0. The van der Waals surface area contributed by atoms with Gasteiger partial charge in [0.2, 0.25) is 0 Å². The summed E-state index contributed by atoms with van der Waals surface area (Å²) in [7, 11) is -15.6. The van der Waals surface area contributed by atoms with E-state index in [0.717, 1.165) is 0 Å². The zero-order valence-electron chi connectivity index (χ0n) is 10.9. The molecule has 0 saturated carbocycles. The monoisotopic (exact) mass is 364 g/mol. The van der Waals surface area contributed by atoms with E-state index in [1.54, 1.807) is 0 Å². The SMILES string of the molecule is COP(=O)(O)C(C(=O)[O-])(P(=O)(O)OC)P(=O)(O)OC.[Na+]. The molecular formula is C5H12NaO11P3. The van der Waals surface area contributed by atoms with Gasteiger partial charge in [-0.25, -0.2) is 0 Å². The van der Waals surface area contributed by atoms with E-state index in [1.165, 1.54) is 0 Å². The molecule has 114 valence electrons. The molecule has 0 heterocycles. The number of aliphatic carboxylic acids is 1. The van der Waals surface area contributed by atoms with Crippen LogP contribution in [-0.4, -0.2) is 46.6 Å². The normalized spacial score (nSPS) is 23.3. The summed E-state index contributed by atoms with van der Waals surface area (Å²) in [6, 6.07) is 0. The van der Waals surface area contributed by atoms with Gasteiger partial charge >= 0.3 is 57.0 Å². The summed E-state index contributed by atoms with van der Waals surface area (Å²) in [5, 5.41) is 11.1. The molecule has 0 aliphatic heterocycles. The van der Waals surface area contributed by atoms with Gasteiger partial charge in [0, 0.05) is 21.3 Å². The topological polar surface area (TPSA) is 180 Å². The second-order valence-corrected chi connectivity index (χ2v) is 10.3. The van der Waals surface area contributed by atoms with Gasteiger partial charge in [-0.1, -0.05) is 0 Å². The Hall–Kier alpha value is 0.920. The minimum absolute atomic E-state index is 0. The van der Waals surface area contributed by atoms with Gasteiger partial charge < -0.3 is 38.2 Å². The predicted molar refractivity (Wildman–Crippen MR) is 58.2 cm³/mol. The van der Waals surface area contributed by atoms with Crippen LogP contribution in [0.3, 0.4) is 0 Å². The Morgan fingerprint density at radius 3 is 1.20 bits per heavy atom. The second-order valence-electron chi connectivity index (χ2n) is 3.03. The molecule has 0 aromatic rings. The van der Waals surface area contributed by atoms with Gasteiger partial charge in [0.05, 0.1) is 5.97 Å². The van der Waals surface area contributed by atoms with Crippen LogP contribution in [0.1, 0.15) is 0 Å². The van der Waals surface area contributed by atoms with Gasteiger partial charge in [-0.05, 0) is 0 Å². The van der Waals surface area contributed by atoms with E-state index in [0.29, 0.717) is 21.3 Å². The molecule has 15 heteroatoms. The molecular weight excluding hydrogens is 352 g/mol. The van der Waals surface area contributed by atoms with Gasteiger partial charge in [-0.15, -0.1) is 0 Å². The van der Waals surface area contributed by atoms with Crippen LogP contribution in [0.15, 0.2) is 0 Å². The zero-order valence-corrected chi connectivity index (χ0v) is 15.6. The Kier molecular flexibility index (Phi) is 8.65. The fraction of sp³-hybridized carbons (Fsp3) is 0.800. The smallest absolute Gasteiger partial charge is 0.547 e. The van der Waals surface area contributed by atoms with Crippen molar-refractivity contribution in [2.75, 3.05) is 21.3 Å². The molecule has 3 atom stereocenters. The maximum Gasteiger partial charge on any atom is 1.00 e. The molecule has 3 N–H and O–H groups in total. The summed E-state index contributed by atoms with van der Waals surface area (Å²) in [6.45, 7) is 0. The van der Waals surface area contributed by atoms with Crippen molar-refractivity contribution in [3.8, 4) is 0 Å². The standard InChI is InChI=1S/C5H13O11P3.Na/c1-14-17(8,9)5(4(6)7,18(10,11)15-2)19(12,13)16-3;/h1-3H3,(H,6,7)(H,8,9)(H,10,11)(H,12,13);/q;+1/p-1. The van der Waals surface area contributed by atoms with E-state index in [4.69, 9.17) is 0 Å². The predicted octanol–water partition coefficient (Wildman–Crippen LogP) is -4.11. The maximum absolute atomic E-state index is 11.7. The van der Waals surface area contributed by atoms with E-state index >= 15 is 0 Å². The fourth-order valence-corrected chi connectivity index (χ4v) is 7.97. The van der Waals surface area contributed by atoms with E-state index in [-0.39, 0.29) is 29.6 Å². The summed E-state index contributed by atoms with van der Waals surface area (Å²) in [6.07, 6.45) is 0. The third-order valence-corrected chi connectivity index (χ3v) is 11.1. The molecule has 0 aliphatic carbocycles. The average molecular weight is 364 g/mol. The molecule has 20 heavy (non-hydrogen) atoms. The van der Waals surface area contributed by atoms with Crippen molar-refractivity contribution in [2.45, 2.75) is 4.64 Å². The van der Waals surface area contributed by atoms with Crippen LogP contribution >= 0.6 is 22.8 Å². The first kappa shape index (κ1) is 23.2. The van der Waals surface area contributed by atoms with Gasteiger partial charge in [0.15, 0.2) is 0 Å². The van der Waals surface area contributed by atoms with Crippen molar-refractivity contribution >= 4 is 28.8 Å². The first-order valence-corrected chi connectivity index (χ1v) is 8.98. The first-order chi connectivity index (χ1) is 8.38. The van der Waals surface area contributed by atoms with Gasteiger partial charge in [-0.2, -0.15) is 0 Å². The molecule has 0 amide bonds. The van der Waals surface area contributed by atoms with E-state index < -0.39 is 33.4 Å². The minimum atomic E-state index is -5.69. The molecule has 0 aromatic carbocycles. The van der Waals surface area contributed by atoms with Gasteiger partial charge in [-0.3, -0.25) is 13.7 Å². The summed E-state index contributed by atoms with van der Waals surface area (Å²) in [4.78, 5) is 39.4. The molecule has 11 nitrogen and oxygen atoms in total. The minimum Gasteiger partial charge on any atom is -0.547 e. The summed E-state index contributed by atoms with van der Waals surface area (Å²) < 4.78 is 42.8.